The van der Waals surface area contributed by atoms with Crippen LogP contribution in [0.1, 0.15) is 23.2 Å². The summed E-state index contributed by atoms with van der Waals surface area (Å²) >= 11 is 0. The highest BCUT2D eigenvalue weighted by Gasteiger charge is 2.20. The smallest absolute Gasteiger partial charge is 0.340 e. The van der Waals surface area contributed by atoms with Crippen LogP contribution >= 0.6 is 0 Å². The van der Waals surface area contributed by atoms with Gasteiger partial charge in [0.05, 0.1) is 17.9 Å². The fourth-order valence-electron chi connectivity index (χ4n) is 2.22. The van der Waals surface area contributed by atoms with Gasteiger partial charge in [-0.25, -0.2) is 9.18 Å². The molecule has 0 radical (unpaired) electrons. The molecule has 0 unspecified atom stereocenters. The van der Waals surface area contributed by atoms with Crippen LogP contribution in [0.5, 0.6) is 0 Å². The molecule has 2 rings (SSSR count). The number of carboxylic acids is 1. The first-order valence-electron chi connectivity index (χ1n) is 6.33. The number of amides is 1. The van der Waals surface area contributed by atoms with Crippen LogP contribution in [-0.4, -0.2) is 41.5 Å². The minimum absolute atomic E-state index is 0.0364. The Morgan fingerprint density at radius 2 is 2.00 bits per heavy atom. The monoisotopic (exact) mass is 281 g/mol. The van der Waals surface area contributed by atoms with E-state index in [-0.39, 0.29) is 23.7 Å². The van der Waals surface area contributed by atoms with Gasteiger partial charge in [-0.3, -0.25) is 4.79 Å². The minimum Gasteiger partial charge on any atom is -0.478 e. The van der Waals surface area contributed by atoms with Gasteiger partial charge in [-0.05, 0) is 25.0 Å². The number of hydrogen-bond donors (Lipinski definition) is 3. The number of nitrogens with two attached hydrogens (primary N) is 1. The lowest BCUT2D eigenvalue weighted by Crippen LogP contribution is -2.33. The molecule has 20 heavy (non-hydrogen) atoms. The van der Waals surface area contributed by atoms with Gasteiger partial charge in [-0.15, -0.1) is 0 Å². The standard InChI is InChI=1S/C13H16FN3O3/c14-8-3-4-9(11(12(8)15)13(19)20)16-7-10(18)17-5-1-2-6-17/h3-4,16H,1-2,5-7,15H2,(H,19,20). The van der Waals surface area contributed by atoms with Crippen molar-refractivity contribution in [3.63, 3.8) is 0 Å². The van der Waals surface area contributed by atoms with Gasteiger partial charge in [0, 0.05) is 13.1 Å². The van der Waals surface area contributed by atoms with Crippen molar-refractivity contribution in [2.45, 2.75) is 12.8 Å². The molecule has 6 nitrogen and oxygen atoms in total. The highest BCUT2D eigenvalue weighted by Crippen LogP contribution is 2.25. The minimum atomic E-state index is -1.34. The van der Waals surface area contributed by atoms with E-state index in [0.717, 1.165) is 32.0 Å². The molecule has 1 aromatic carbocycles. The van der Waals surface area contributed by atoms with Crippen molar-refractivity contribution < 1.29 is 19.1 Å². The molecule has 1 aliphatic rings. The summed E-state index contributed by atoms with van der Waals surface area (Å²) in [7, 11) is 0. The summed E-state index contributed by atoms with van der Waals surface area (Å²) in [6.07, 6.45) is 1.96. The Morgan fingerprint density at radius 1 is 1.35 bits per heavy atom. The van der Waals surface area contributed by atoms with Crippen molar-refractivity contribution in [3.8, 4) is 0 Å². The maximum atomic E-state index is 13.3. The Bertz CT molecular complexity index is 542. The number of rotatable bonds is 4. The van der Waals surface area contributed by atoms with Gasteiger partial charge < -0.3 is 21.1 Å². The Kier molecular flexibility index (Phi) is 4.07. The molecule has 0 atom stereocenters. The normalized spacial score (nSPS) is 14.3. The average Bonchev–Trinajstić information content (AvgIpc) is 2.93. The number of anilines is 2. The molecule has 4 N–H and O–H groups in total. The summed E-state index contributed by atoms with van der Waals surface area (Å²) in [5, 5.41) is 11.8. The van der Waals surface area contributed by atoms with E-state index < -0.39 is 17.5 Å². The molecule has 1 heterocycles. The first-order valence-corrected chi connectivity index (χ1v) is 6.33. The second-order valence-corrected chi connectivity index (χ2v) is 4.63. The highest BCUT2D eigenvalue weighted by molar-refractivity contribution is 6.00. The van der Waals surface area contributed by atoms with Crippen LogP contribution in [-0.2, 0) is 4.79 Å². The highest BCUT2D eigenvalue weighted by atomic mass is 19.1. The van der Waals surface area contributed by atoms with Gasteiger partial charge in [0.25, 0.3) is 0 Å². The van der Waals surface area contributed by atoms with E-state index in [0.29, 0.717) is 0 Å². The lowest BCUT2D eigenvalue weighted by molar-refractivity contribution is -0.128. The fourth-order valence-corrected chi connectivity index (χ4v) is 2.22. The van der Waals surface area contributed by atoms with Crippen molar-refractivity contribution in [2.24, 2.45) is 0 Å². The number of nitrogens with one attached hydrogen (secondary N) is 1. The van der Waals surface area contributed by atoms with Crippen molar-refractivity contribution in [1.29, 1.82) is 0 Å². The maximum absolute atomic E-state index is 13.3. The van der Waals surface area contributed by atoms with Crippen LogP contribution in [0.25, 0.3) is 0 Å². The number of hydrogen-bond acceptors (Lipinski definition) is 4. The van der Waals surface area contributed by atoms with Crippen LogP contribution in [0, 0.1) is 5.82 Å². The van der Waals surface area contributed by atoms with E-state index in [1.807, 2.05) is 0 Å². The van der Waals surface area contributed by atoms with E-state index >= 15 is 0 Å². The number of nitrogen functional groups attached to an aromatic ring is 1. The predicted molar refractivity (Wildman–Crippen MR) is 72.1 cm³/mol. The van der Waals surface area contributed by atoms with E-state index in [2.05, 4.69) is 5.32 Å². The second kappa shape index (κ2) is 5.77. The van der Waals surface area contributed by atoms with Crippen molar-refractivity contribution in [3.05, 3.63) is 23.5 Å². The zero-order valence-electron chi connectivity index (χ0n) is 10.9. The number of carboxylic acid groups (broad SMARTS) is 1. The zero-order valence-corrected chi connectivity index (χ0v) is 10.9. The summed E-state index contributed by atoms with van der Waals surface area (Å²) < 4.78 is 13.3. The number of nitrogens with zero attached hydrogens (tertiary/aromatic N) is 1. The lowest BCUT2D eigenvalue weighted by atomic mass is 10.1. The van der Waals surface area contributed by atoms with Crippen LogP contribution in [0.4, 0.5) is 15.8 Å². The van der Waals surface area contributed by atoms with Crippen LogP contribution < -0.4 is 11.1 Å². The van der Waals surface area contributed by atoms with Gasteiger partial charge in [-0.1, -0.05) is 0 Å². The second-order valence-electron chi connectivity index (χ2n) is 4.63. The Labute approximate surface area is 115 Å². The molecule has 1 aliphatic heterocycles. The predicted octanol–water partition coefficient (Wildman–Crippen LogP) is 1.14. The molecule has 1 saturated heterocycles. The van der Waals surface area contributed by atoms with Crippen LogP contribution in [0.3, 0.4) is 0 Å². The van der Waals surface area contributed by atoms with E-state index in [9.17, 15) is 14.0 Å². The molecule has 0 saturated carbocycles. The van der Waals surface area contributed by atoms with Gasteiger partial charge in [0.2, 0.25) is 5.91 Å². The van der Waals surface area contributed by atoms with E-state index in [4.69, 9.17) is 10.8 Å². The third kappa shape index (κ3) is 2.81. The SMILES string of the molecule is Nc1c(F)ccc(NCC(=O)N2CCCC2)c1C(=O)O. The molecule has 7 heteroatoms. The third-order valence-electron chi connectivity index (χ3n) is 3.30. The van der Waals surface area contributed by atoms with E-state index in [1.165, 1.54) is 6.07 Å². The molecule has 0 aromatic heterocycles. The number of benzene rings is 1. The quantitative estimate of drug-likeness (QED) is 0.719. The number of carbonyl (C=O) groups excluding carboxylic acids is 1. The number of halogens is 1. The molecule has 1 amide bonds. The van der Waals surface area contributed by atoms with Gasteiger partial charge in [-0.2, -0.15) is 0 Å². The third-order valence-corrected chi connectivity index (χ3v) is 3.30. The molecular formula is C13H16FN3O3. The largest absolute Gasteiger partial charge is 0.478 e. The Balaban J connectivity index is 2.11. The average molecular weight is 281 g/mol. The van der Waals surface area contributed by atoms with Gasteiger partial charge >= 0.3 is 5.97 Å². The van der Waals surface area contributed by atoms with Crippen LogP contribution in [0.2, 0.25) is 0 Å². The van der Waals surface area contributed by atoms with Crippen molar-refractivity contribution >= 4 is 23.3 Å². The first kappa shape index (κ1) is 14.1. The topological polar surface area (TPSA) is 95.7 Å². The van der Waals surface area contributed by atoms with Crippen molar-refractivity contribution in [2.75, 3.05) is 30.7 Å². The fraction of sp³-hybridized carbons (Fsp3) is 0.385. The molecule has 1 aromatic rings. The molecule has 0 spiro atoms. The Hall–Kier alpha value is -2.31. The molecule has 0 aliphatic carbocycles. The zero-order chi connectivity index (χ0) is 14.7. The molecular weight excluding hydrogens is 265 g/mol. The first-order chi connectivity index (χ1) is 9.50. The lowest BCUT2D eigenvalue weighted by Gasteiger charge is -2.17. The molecule has 1 fully saturated rings. The van der Waals surface area contributed by atoms with E-state index in [1.54, 1.807) is 4.90 Å². The number of aromatic carboxylic acids is 1. The van der Waals surface area contributed by atoms with Crippen LogP contribution in [0.15, 0.2) is 12.1 Å². The summed E-state index contributed by atoms with van der Waals surface area (Å²) in [5.41, 5.74) is 4.78. The summed E-state index contributed by atoms with van der Waals surface area (Å²) in [5.74, 6) is -2.24. The number of likely N-dealkylation sites (tertiary alicyclic amines) is 1. The van der Waals surface area contributed by atoms with Gasteiger partial charge in [0.15, 0.2) is 0 Å². The molecule has 108 valence electrons. The number of carbonyl (C=O) groups is 2. The summed E-state index contributed by atoms with van der Waals surface area (Å²) in [6, 6.07) is 2.34. The summed E-state index contributed by atoms with van der Waals surface area (Å²) in [6.45, 7) is 1.40. The maximum Gasteiger partial charge on any atom is 0.340 e. The summed E-state index contributed by atoms with van der Waals surface area (Å²) in [4.78, 5) is 24.7. The van der Waals surface area contributed by atoms with Crippen molar-refractivity contribution in [1.82, 2.24) is 4.90 Å². The van der Waals surface area contributed by atoms with Gasteiger partial charge in [0.1, 0.15) is 11.4 Å². The molecule has 0 bridgehead atoms. The Morgan fingerprint density at radius 3 is 2.60 bits per heavy atom.